The second kappa shape index (κ2) is 5.35. The molecule has 0 fully saturated rings. The summed E-state index contributed by atoms with van der Waals surface area (Å²) in [6, 6.07) is 1.89. The van der Waals surface area contributed by atoms with E-state index in [2.05, 4.69) is 14.9 Å². The Kier molecular flexibility index (Phi) is 3.93. The number of sulfonamides is 1. The fraction of sp³-hybridized carbons (Fsp3) is 0.273. The van der Waals surface area contributed by atoms with E-state index in [0.717, 1.165) is 10.4 Å². The van der Waals surface area contributed by atoms with E-state index in [-0.39, 0.29) is 17.1 Å². The SMILES string of the molecule is Cc1ccsc1CNS(=O)(=O)c1c(C(=O)O)n[nH]c1C. The van der Waals surface area contributed by atoms with Crippen LogP contribution in [0.25, 0.3) is 0 Å². The van der Waals surface area contributed by atoms with Gasteiger partial charge in [-0.15, -0.1) is 11.3 Å². The number of hydrogen-bond donors (Lipinski definition) is 3. The smallest absolute Gasteiger partial charge is 0.357 e. The zero-order valence-corrected chi connectivity index (χ0v) is 12.4. The van der Waals surface area contributed by atoms with Gasteiger partial charge in [0.1, 0.15) is 4.90 Å². The van der Waals surface area contributed by atoms with E-state index in [1.54, 1.807) is 0 Å². The van der Waals surface area contributed by atoms with E-state index in [1.807, 2.05) is 18.4 Å². The number of carbonyl (C=O) groups is 1. The van der Waals surface area contributed by atoms with Crippen LogP contribution in [0.1, 0.15) is 26.6 Å². The maximum atomic E-state index is 12.2. The van der Waals surface area contributed by atoms with Crippen LogP contribution in [0, 0.1) is 13.8 Å². The number of aromatic nitrogens is 2. The lowest BCUT2D eigenvalue weighted by Gasteiger charge is -2.06. The molecular formula is C11H13N3O4S2. The zero-order valence-electron chi connectivity index (χ0n) is 10.8. The van der Waals surface area contributed by atoms with Crippen LogP contribution in [0.2, 0.25) is 0 Å². The molecule has 0 aromatic carbocycles. The normalized spacial score (nSPS) is 11.7. The molecule has 0 saturated carbocycles. The number of aryl methyl sites for hydroxylation is 2. The van der Waals surface area contributed by atoms with Crippen LogP contribution in [-0.2, 0) is 16.6 Å². The molecule has 0 bridgehead atoms. The molecule has 7 nitrogen and oxygen atoms in total. The van der Waals surface area contributed by atoms with Gasteiger partial charge in [0.15, 0.2) is 5.69 Å². The summed E-state index contributed by atoms with van der Waals surface area (Å²) in [5.41, 5.74) is 0.677. The van der Waals surface area contributed by atoms with E-state index >= 15 is 0 Å². The largest absolute Gasteiger partial charge is 0.476 e. The molecule has 0 amide bonds. The molecule has 0 saturated heterocycles. The number of carboxylic acids is 1. The molecule has 0 aliphatic carbocycles. The van der Waals surface area contributed by atoms with Crippen molar-refractivity contribution in [3.63, 3.8) is 0 Å². The second-order valence-corrected chi connectivity index (χ2v) is 6.89. The average Bonchev–Trinajstić information content (AvgIpc) is 2.93. The minimum atomic E-state index is -3.93. The molecule has 9 heteroatoms. The highest BCUT2D eigenvalue weighted by Crippen LogP contribution is 2.20. The number of thiophene rings is 1. The van der Waals surface area contributed by atoms with Crippen LogP contribution in [0.3, 0.4) is 0 Å². The first-order valence-corrected chi connectivity index (χ1v) is 8.00. The van der Waals surface area contributed by atoms with Crippen molar-refractivity contribution in [2.24, 2.45) is 0 Å². The first-order valence-electron chi connectivity index (χ1n) is 5.64. The number of H-pyrrole nitrogens is 1. The van der Waals surface area contributed by atoms with Crippen LogP contribution in [0.15, 0.2) is 16.3 Å². The number of aromatic amines is 1. The lowest BCUT2D eigenvalue weighted by Crippen LogP contribution is -2.25. The van der Waals surface area contributed by atoms with Gasteiger partial charge in [-0.05, 0) is 30.9 Å². The summed E-state index contributed by atoms with van der Waals surface area (Å²) >= 11 is 1.44. The molecule has 0 aliphatic rings. The Morgan fingerprint density at radius 2 is 2.20 bits per heavy atom. The maximum Gasteiger partial charge on any atom is 0.357 e. The van der Waals surface area contributed by atoms with E-state index in [4.69, 9.17) is 5.11 Å². The minimum Gasteiger partial charge on any atom is -0.476 e. The average molecular weight is 315 g/mol. The topological polar surface area (TPSA) is 112 Å². The Hall–Kier alpha value is -1.71. The fourth-order valence-corrected chi connectivity index (χ4v) is 3.96. The Morgan fingerprint density at radius 3 is 2.75 bits per heavy atom. The standard InChI is InChI=1S/C11H13N3O4S2/c1-6-3-4-19-8(6)5-12-20(17,18)10-7(2)13-14-9(10)11(15)16/h3-4,12H,5H2,1-2H3,(H,13,14)(H,15,16). The monoisotopic (exact) mass is 315 g/mol. The summed E-state index contributed by atoms with van der Waals surface area (Å²) in [5.74, 6) is -1.39. The molecule has 3 N–H and O–H groups in total. The van der Waals surface area contributed by atoms with Crippen LogP contribution in [0.4, 0.5) is 0 Å². The van der Waals surface area contributed by atoms with Gasteiger partial charge in [-0.3, -0.25) is 5.10 Å². The van der Waals surface area contributed by atoms with Crippen molar-refractivity contribution in [3.8, 4) is 0 Å². The molecule has 2 aromatic heterocycles. The van der Waals surface area contributed by atoms with Crippen molar-refractivity contribution >= 4 is 27.3 Å². The Morgan fingerprint density at radius 1 is 1.50 bits per heavy atom. The van der Waals surface area contributed by atoms with Gasteiger partial charge in [-0.25, -0.2) is 17.9 Å². The molecule has 20 heavy (non-hydrogen) atoms. The lowest BCUT2D eigenvalue weighted by atomic mass is 10.3. The molecule has 2 aromatic rings. The first kappa shape index (κ1) is 14.7. The van der Waals surface area contributed by atoms with Crippen LogP contribution in [0.5, 0.6) is 0 Å². The number of hydrogen-bond acceptors (Lipinski definition) is 5. The van der Waals surface area contributed by atoms with E-state index < -0.39 is 21.7 Å². The van der Waals surface area contributed by atoms with E-state index in [1.165, 1.54) is 18.3 Å². The van der Waals surface area contributed by atoms with Crippen LogP contribution < -0.4 is 4.72 Å². The summed E-state index contributed by atoms with van der Waals surface area (Å²) in [4.78, 5) is 11.6. The number of nitrogens with one attached hydrogen (secondary N) is 2. The zero-order chi connectivity index (χ0) is 14.9. The molecule has 0 aliphatic heterocycles. The van der Waals surface area contributed by atoms with E-state index in [9.17, 15) is 13.2 Å². The van der Waals surface area contributed by atoms with Gasteiger partial charge in [0, 0.05) is 11.4 Å². The third-order valence-electron chi connectivity index (χ3n) is 2.75. The summed E-state index contributed by atoms with van der Waals surface area (Å²) in [6.45, 7) is 3.46. The van der Waals surface area contributed by atoms with Crippen molar-refractivity contribution in [1.29, 1.82) is 0 Å². The fourth-order valence-electron chi connectivity index (χ4n) is 1.71. The quantitative estimate of drug-likeness (QED) is 0.769. The lowest BCUT2D eigenvalue weighted by molar-refractivity contribution is 0.0686. The minimum absolute atomic E-state index is 0.121. The summed E-state index contributed by atoms with van der Waals surface area (Å²) < 4.78 is 26.8. The Bertz CT molecular complexity index is 746. The van der Waals surface area contributed by atoms with Crippen molar-refractivity contribution in [1.82, 2.24) is 14.9 Å². The number of nitrogens with zero attached hydrogens (tertiary/aromatic N) is 1. The predicted octanol–water partition coefficient (Wildman–Crippen LogP) is 1.26. The second-order valence-electron chi connectivity index (χ2n) is 4.18. The molecule has 2 rings (SSSR count). The number of aromatic carboxylic acids is 1. The van der Waals surface area contributed by atoms with Gasteiger partial charge in [0.05, 0.1) is 5.69 Å². The van der Waals surface area contributed by atoms with Gasteiger partial charge in [-0.2, -0.15) is 5.10 Å². The highest BCUT2D eigenvalue weighted by atomic mass is 32.2. The maximum absolute atomic E-state index is 12.2. The summed E-state index contributed by atoms with van der Waals surface area (Å²) in [6.07, 6.45) is 0. The Balaban J connectivity index is 2.29. The van der Waals surface area contributed by atoms with Crippen LogP contribution in [-0.4, -0.2) is 29.7 Å². The number of carboxylic acid groups (broad SMARTS) is 1. The highest BCUT2D eigenvalue weighted by molar-refractivity contribution is 7.89. The first-order chi connectivity index (χ1) is 9.33. The third kappa shape index (κ3) is 2.74. The van der Waals surface area contributed by atoms with Crippen LogP contribution >= 0.6 is 11.3 Å². The van der Waals surface area contributed by atoms with E-state index in [0.29, 0.717) is 0 Å². The molecule has 0 atom stereocenters. The van der Waals surface area contributed by atoms with Gasteiger partial charge < -0.3 is 5.11 Å². The molecule has 108 valence electrons. The van der Waals surface area contributed by atoms with Gasteiger partial charge >= 0.3 is 5.97 Å². The molecule has 0 radical (unpaired) electrons. The van der Waals surface area contributed by atoms with Gasteiger partial charge in [0.25, 0.3) is 0 Å². The highest BCUT2D eigenvalue weighted by Gasteiger charge is 2.28. The Labute approximate surface area is 119 Å². The summed E-state index contributed by atoms with van der Waals surface area (Å²) in [5, 5.41) is 16.7. The van der Waals surface area contributed by atoms with Gasteiger partial charge in [0.2, 0.25) is 10.0 Å². The predicted molar refractivity (Wildman–Crippen MR) is 73.4 cm³/mol. The molecule has 0 unspecified atom stereocenters. The van der Waals surface area contributed by atoms with Gasteiger partial charge in [-0.1, -0.05) is 0 Å². The number of rotatable bonds is 5. The molecular weight excluding hydrogens is 302 g/mol. The van der Waals surface area contributed by atoms with Crippen molar-refractivity contribution in [3.05, 3.63) is 33.3 Å². The summed E-state index contributed by atoms with van der Waals surface area (Å²) in [7, 11) is -3.93. The van der Waals surface area contributed by atoms with Crippen molar-refractivity contribution < 1.29 is 18.3 Å². The molecule has 2 heterocycles. The molecule has 0 spiro atoms. The van der Waals surface area contributed by atoms with Crippen molar-refractivity contribution in [2.45, 2.75) is 25.3 Å². The van der Waals surface area contributed by atoms with Crippen molar-refractivity contribution in [2.75, 3.05) is 0 Å². The third-order valence-corrected chi connectivity index (χ3v) is 5.34.